The molecule has 0 unspecified atom stereocenters. The molecule has 1 heterocycles. The van der Waals surface area contributed by atoms with E-state index in [4.69, 9.17) is 4.74 Å². The largest absolute Gasteiger partial charge is 0.444 e. The molecule has 0 bridgehead atoms. The van der Waals surface area contributed by atoms with Gasteiger partial charge >= 0.3 is 6.09 Å². The number of hydrogen-bond donors (Lipinski definition) is 0. The number of piperazine rings is 1. The average molecular weight is 288 g/mol. The highest BCUT2D eigenvalue weighted by Gasteiger charge is 2.26. The Hall–Kier alpha value is -1.97. The van der Waals surface area contributed by atoms with Gasteiger partial charge in [-0.1, -0.05) is 36.9 Å². The predicted molar refractivity (Wildman–Crippen MR) is 84.9 cm³/mol. The minimum absolute atomic E-state index is 0.229. The van der Waals surface area contributed by atoms with Crippen molar-refractivity contribution in [2.24, 2.45) is 0 Å². The fourth-order valence-corrected chi connectivity index (χ4v) is 2.30. The summed E-state index contributed by atoms with van der Waals surface area (Å²) >= 11 is 0. The van der Waals surface area contributed by atoms with E-state index in [-0.39, 0.29) is 6.09 Å². The van der Waals surface area contributed by atoms with Gasteiger partial charge in [-0.3, -0.25) is 0 Å². The minimum Gasteiger partial charge on any atom is -0.444 e. The van der Waals surface area contributed by atoms with Gasteiger partial charge in [-0.25, -0.2) is 4.79 Å². The van der Waals surface area contributed by atoms with Gasteiger partial charge in [-0.15, -0.1) is 0 Å². The van der Waals surface area contributed by atoms with Crippen LogP contribution in [0.3, 0.4) is 0 Å². The number of amides is 1. The topological polar surface area (TPSA) is 32.8 Å². The SMILES string of the molecule is C=C(c1ccccc1)N1CCN(C(=O)OC(C)(C)C)CC1. The molecule has 0 aliphatic carbocycles. The van der Waals surface area contributed by atoms with E-state index in [0.717, 1.165) is 24.4 Å². The second kappa shape index (κ2) is 6.20. The first-order valence-electron chi connectivity index (χ1n) is 7.34. The van der Waals surface area contributed by atoms with Gasteiger partial charge in [0.25, 0.3) is 0 Å². The average Bonchev–Trinajstić information content (AvgIpc) is 2.46. The summed E-state index contributed by atoms with van der Waals surface area (Å²) in [5.74, 6) is 0. The zero-order valence-corrected chi connectivity index (χ0v) is 13.1. The number of carbonyl (C=O) groups excluding carboxylic acids is 1. The molecule has 0 radical (unpaired) electrons. The lowest BCUT2D eigenvalue weighted by molar-refractivity contribution is 0.0182. The smallest absolute Gasteiger partial charge is 0.410 e. The van der Waals surface area contributed by atoms with Crippen molar-refractivity contribution in [3.05, 3.63) is 42.5 Å². The first kappa shape index (κ1) is 15.4. The van der Waals surface area contributed by atoms with E-state index in [2.05, 4.69) is 23.6 Å². The van der Waals surface area contributed by atoms with Gasteiger partial charge in [0.2, 0.25) is 0 Å². The molecule has 0 atom stereocenters. The first-order valence-corrected chi connectivity index (χ1v) is 7.34. The van der Waals surface area contributed by atoms with Crippen LogP contribution in [-0.4, -0.2) is 47.7 Å². The van der Waals surface area contributed by atoms with Gasteiger partial charge in [-0.05, 0) is 26.3 Å². The molecule has 1 aromatic carbocycles. The highest BCUT2D eigenvalue weighted by Crippen LogP contribution is 2.19. The Bertz CT molecular complexity index is 497. The van der Waals surface area contributed by atoms with E-state index in [1.807, 2.05) is 39.0 Å². The number of benzene rings is 1. The van der Waals surface area contributed by atoms with Crippen LogP contribution in [-0.2, 0) is 4.74 Å². The summed E-state index contributed by atoms with van der Waals surface area (Å²) in [5.41, 5.74) is 1.70. The molecule has 4 heteroatoms. The molecular formula is C17H24N2O2. The lowest BCUT2D eigenvalue weighted by Gasteiger charge is -2.37. The van der Waals surface area contributed by atoms with Gasteiger partial charge < -0.3 is 14.5 Å². The normalized spacial score (nSPS) is 15.8. The van der Waals surface area contributed by atoms with E-state index < -0.39 is 5.60 Å². The highest BCUT2D eigenvalue weighted by molar-refractivity contribution is 5.68. The lowest BCUT2D eigenvalue weighted by Crippen LogP contribution is -2.49. The van der Waals surface area contributed by atoms with Crippen LogP contribution >= 0.6 is 0 Å². The Morgan fingerprint density at radius 3 is 2.10 bits per heavy atom. The third-order valence-corrected chi connectivity index (χ3v) is 3.42. The first-order chi connectivity index (χ1) is 9.87. The van der Waals surface area contributed by atoms with Gasteiger partial charge in [0.1, 0.15) is 5.60 Å². The Labute approximate surface area is 127 Å². The molecule has 1 aliphatic rings. The van der Waals surface area contributed by atoms with Crippen molar-refractivity contribution in [1.82, 2.24) is 9.80 Å². The van der Waals surface area contributed by atoms with Gasteiger partial charge in [0.05, 0.1) is 0 Å². The molecule has 114 valence electrons. The van der Waals surface area contributed by atoms with Crippen LogP contribution in [0.5, 0.6) is 0 Å². The number of rotatable bonds is 2. The molecule has 0 N–H and O–H groups in total. The number of ether oxygens (including phenoxy) is 1. The van der Waals surface area contributed by atoms with Gasteiger partial charge in [0, 0.05) is 31.9 Å². The molecule has 1 amide bonds. The maximum atomic E-state index is 12.0. The van der Waals surface area contributed by atoms with Crippen LogP contribution in [0.2, 0.25) is 0 Å². The summed E-state index contributed by atoms with van der Waals surface area (Å²) in [6.45, 7) is 12.7. The summed E-state index contributed by atoms with van der Waals surface area (Å²) in [7, 11) is 0. The summed E-state index contributed by atoms with van der Waals surface area (Å²) in [5, 5.41) is 0. The molecule has 0 aromatic heterocycles. The maximum absolute atomic E-state index is 12.0. The Kier molecular flexibility index (Phi) is 4.56. The summed E-state index contributed by atoms with van der Waals surface area (Å²) in [6, 6.07) is 10.1. The molecule has 1 saturated heterocycles. The zero-order valence-electron chi connectivity index (χ0n) is 13.1. The number of nitrogens with zero attached hydrogens (tertiary/aromatic N) is 2. The quantitative estimate of drug-likeness (QED) is 0.837. The van der Waals surface area contributed by atoms with E-state index in [1.165, 1.54) is 0 Å². The number of hydrogen-bond acceptors (Lipinski definition) is 3. The highest BCUT2D eigenvalue weighted by atomic mass is 16.6. The molecule has 1 aliphatic heterocycles. The van der Waals surface area contributed by atoms with Crippen LogP contribution in [0.25, 0.3) is 5.70 Å². The minimum atomic E-state index is -0.443. The Morgan fingerprint density at radius 1 is 1.05 bits per heavy atom. The fraction of sp³-hybridized carbons (Fsp3) is 0.471. The van der Waals surface area contributed by atoms with Crippen molar-refractivity contribution >= 4 is 11.8 Å². The molecule has 21 heavy (non-hydrogen) atoms. The predicted octanol–water partition coefficient (Wildman–Crippen LogP) is 3.21. The molecule has 0 saturated carbocycles. The fourth-order valence-electron chi connectivity index (χ4n) is 2.30. The second-order valence-electron chi connectivity index (χ2n) is 6.27. The Morgan fingerprint density at radius 2 is 1.57 bits per heavy atom. The van der Waals surface area contributed by atoms with E-state index in [1.54, 1.807) is 4.90 Å². The van der Waals surface area contributed by atoms with Gasteiger partial charge in [-0.2, -0.15) is 0 Å². The third kappa shape index (κ3) is 4.25. The third-order valence-electron chi connectivity index (χ3n) is 3.42. The molecule has 1 fully saturated rings. The Balaban J connectivity index is 1.89. The summed E-state index contributed by atoms with van der Waals surface area (Å²) < 4.78 is 5.40. The van der Waals surface area contributed by atoms with E-state index >= 15 is 0 Å². The van der Waals surface area contributed by atoms with Crippen molar-refractivity contribution in [2.75, 3.05) is 26.2 Å². The van der Waals surface area contributed by atoms with Crippen LogP contribution in [0, 0.1) is 0 Å². The summed E-state index contributed by atoms with van der Waals surface area (Å²) in [4.78, 5) is 16.0. The van der Waals surface area contributed by atoms with Crippen LogP contribution < -0.4 is 0 Å². The molecule has 0 spiro atoms. The van der Waals surface area contributed by atoms with Crippen LogP contribution in [0.15, 0.2) is 36.9 Å². The van der Waals surface area contributed by atoms with Crippen molar-refractivity contribution < 1.29 is 9.53 Å². The van der Waals surface area contributed by atoms with E-state index in [9.17, 15) is 4.79 Å². The molecule has 2 rings (SSSR count). The van der Waals surface area contributed by atoms with Crippen molar-refractivity contribution in [2.45, 2.75) is 26.4 Å². The maximum Gasteiger partial charge on any atom is 0.410 e. The second-order valence-corrected chi connectivity index (χ2v) is 6.27. The standard InChI is InChI=1S/C17H24N2O2/c1-14(15-8-6-5-7-9-15)18-10-12-19(13-11-18)16(20)21-17(2,3)4/h5-9H,1,10-13H2,2-4H3. The molecule has 4 nitrogen and oxygen atoms in total. The zero-order chi connectivity index (χ0) is 15.5. The lowest BCUT2D eigenvalue weighted by atomic mass is 10.1. The van der Waals surface area contributed by atoms with E-state index in [0.29, 0.717) is 13.1 Å². The monoisotopic (exact) mass is 288 g/mol. The van der Waals surface area contributed by atoms with Crippen molar-refractivity contribution in [3.63, 3.8) is 0 Å². The summed E-state index contributed by atoms with van der Waals surface area (Å²) in [6.07, 6.45) is -0.229. The molecular weight excluding hydrogens is 264 g/mol. The van der Waals surface area contributed by atoms with Crippen LogP contribution in [0.4, 0.5) is 4.79 Å². The number of carbonyl (C=O) groups is 1. The van der Waals surface area contributed by atoms with Crippen molar-refractivity contribution in [3.8, 4) is 0 Å². The van der Waals surface area contributed by atoms with Crippen molar-refractivity contribution in [1.29, 1.82) is 0 Å². The van der Waals surface area contributed by atoms with Gasteiger partial charge in [0.15, 0.2) is 0 Å². The molecule has 1 aromatic rings. The van der Waals surface area contributed by atoms with Crippen LogP contribution in [0.1, 0.15) is 26.3 Å².